The Morgan fingerprint density at radius 1 is 0.800 bits per heavy atom. The Morgan fingerprint density at radius 2 is 1.46 bits per heavy atom. The SMILES string of the molecule is NCCCC[C@@H](NC(=O)[C@@H](Cc1ccc(-c2ccccc2)cc1)NC(=O)CCCC(=O)O)C(N)=O. The highest BCUT2D eigenvalue weighted by Gasteiger charge is 2.26. The number of unbranched alkanes of at least 4 members (excludes halogenated alkanes) is 1. The number of carboxylic acids is 1. The zero-order valence-electron chi connectivity index (χ0n) is 19.7. The third kappa shape index (κ3) is 9.97. The van der Waals surface area contributed by atoms with Gasteiger partial charge in [-0.25, -0.2) is 0 Å². The van der Waals surface area contributed by atoms with E-state index in [0.29, 0.717) is 25.8 Å². The standard InChI is InChI=1S/C26H34N4O5/c27-16-5-4-9-21(25(28)34)30-26(35)22(29-23(31)10-6-11-24(32)33)17-18-12-14-20(15-13-18)19-7-2-1-3-8-19/h1-3,7-8,12-15,21-22H,4-6,9-11,16-17,27H2,(H2,28,34)(H,29,31)(H,30,35)(H,32,33)/t21-,22-/m1/s1. The van der Waals surface area contributed by atoms with Gasteiger partial charge in [0.25, 0.3) is 0 Å². The van der Waals surface area contributed by atoms with Crippen LogP contribution in [0, 0.1) is 0 Å². The van der Waals surface area contributed by atoms with Crippen LogP contribution in [0.1, 0.15) is 44.1 Å². The number of hydrogen-bond donors (Lipinski definition) is 5. The van der Waals surface area contributed by atoms with Crippen molar-refractivity contribution in [1.82, 2.24) is 10.6 Å². The maximum atomic E-state index is 13.0. The Kier molecular flexibility index (Phi) is 11.4. The lowest BCUT2D eigenvalue weighted by Gasteiger charge is -2.22. The molecule has 0 aliphatic heterocycles. The summed E-state index contributed by atoms with van der Waals surface area (Å²) in [4.78, 5) is 48.0. The summed E-state index contributed by atoms with van der Waals surface area (Å²) in [7, 11) is 0. The first-order chi connectivity index (χ1) is 16.8. The van der Waals surface area contributed by atoms with Crippen LogP contribution in [0.3, 0.4) is 0 Å². The molecule has 0 bridgehead atoms. The minimum Gasteiger partial charge on any atom is -0.481 e. The fraction of sp³-hybridized carbons (Fsp3) is 0.385. The van der Waals surface area contributed by atoms with Gasteiger partial charge < -0.3 is 27.2 Å². The van der Waals surface area contributed by atoms with E-state index >= 15 is 0 Å². The Hall–Kier alpha value is -3.72. The minimum absolute atomic E-state index is 0.0290. The molecule has 35 heavy (non-hydrogen) atoms. The van der Waals surface area contributed by atoms with Gasteiger partial charge in [-0.3, -0.25) is 19.2 Å². The van der Waals surface area contributed by atoms with Gasteiger partial charge in [-0.15, -0.1) is 0 Å². The fourth-order valence-corrected chi connectivity index (χ4v) is 3.63. The van der Waals surface area contributed by atoms with Crippen LogP contribution in [0.4, 0.5) is 0 Å². The summed E-state index contributed by atoms with van der Waals surface area (Å²) >= 11 is 0. The van der Waals surface area contributed by atoms with E-state index in [9.17, 15) is 19.2 Å². The second-order valence-corrected chi connectivity index (χ2v) is 8.38. The highest BCUT2D eigenvalue weighted by atomic mass is 16.4. The summed E-state index contributed by atoms with van der Waals surface area (Å²) in [6.45, 7) is 0.466. The van der Waals surface area contributed by atoms with Crippen molar-refractivity contribution in [2.45, 2.75) is 57.0 Å². The summed E-state index contributed by atoms with van der Waals surface area (Å²) in [5, 5.41) is 14.1. The van der Waals surface area contributed by atoms with Crippen LogP contribution < -0.4 is 22.1 Å². The van der Waals surface area contributed by atoms with Gasteiger partial charge in [0.15, 0.2) is 0 Å². The van der Waals surface area contributed by atoms with Gasteiger partial charge in [0.05, 0.1) is 0 Å². The predicted molar refractivity (Wildman–Crippen MR) is 133 cm³/mol. The quantitative estimate of drug-likeness (QED) is 0.243. The predicted octanol–water partition coefficient (Wildman–Crippen LogP) is 1.73. The molecule has 3 amide bonds. The lowest BCUT2D eigenvalue weighted by atomic mass is 9.99. The number of carboxylic acid groups (broad SMARTS) is 1. The molecule has 2 atom stereocenters. The Morgan fingerprint density at radius 3 is 2.06 bits per heavy atom. The van der Waals surface area contributed by atoms with Crippen molar-refractivity contribution in [3.8, 4) is 11.1 Å². The number of primary amides is 1. The number of carbonyl (C=O) groups excluding carboxylic acids is 3. The van der Waals surface area contributed by atoms with Gasteiger partial charge in [-0.2, -0.15) is 0 Å². The first-order valence-electron chi connectivity index (χ1n) is 11.8. The smallest absolute Gasteiger partial charge is 0.303 e. The molecule has 0 unspecified atom stereocenters. The molecule has 0 spiro atoms. The maximum Gasteiger partial charge on any atom is 0.303 e. The molecule has 2 aromatic rings. The maximum absolute atomic E-state index is 13.0. The van der Waals surface area contributed by atoms with Gasteiger partial charge in [0, 0.05) is 19.3 Å². The number of carbonyl (C=O) groups is 4. The van der Waals surface area contributed by atoms with Crippen molar-refractivity contribution in [2.24, 2.45) is 11.5 Å². The molecule has 2 aromatic carbocycles. The van der Waals surface area contributed by atoms with E-state index in [1.165, 1.54) is 0 Å². The second kappa shape index (κ2) is 14.5. The molecule has 188 valence electrons. The van der Waals surface area contributed by atoms with Crippen LogP contribution in [0.15, 0.2) is 54.6 Å². The van der Waals surface area contributed by atoms with Crippen molar-refractivity contribution in [1.29, 1.82) is 0 Å². The van der Waals surface area contributed by atoms with E-state index in [-0.39, 0.29) is 25.7 Å². The average molecular weight is 483 g/mol. The second-order valence-electron chi connectivity index (χ2n) is 8.38. The molecule has 0 heterocycles. The van der Waals surface area contributed by atoms with Crippen molar-refractivity contribution in [2.75, 3.05) is 6.54 Å². The van der Waals surface area contributed by atoms with Crippen LogP contribution >= 0.6 is 0 Å². The number of nitrogens with one attached hydrogen (secondary N) is 2. The molecule has 9 nitrogen and oxygen atoms in total. The molecule has 0 aliphatic rings. The summed E-state index contributed by atoms with van der Waals surface area (Å²) in [6, 6.07) is 15.6. The van der Waals surface area contributed by atoms with Gasteiger partial charge >= 0.3 is 5.97 Å². The lowest BCUT2D eigenvalue weighted by molar-refractivity contribution is -0.137. The van der Waals surface area contributed by atoms with E-state index in [2.05, 4.69) is 10.6 Å². The van der Waals surface area contributed by atoms with Crippen LogP contribution in [0.5, 0.6) is 0 Å². The van der Waals surface area contributed by atoms with Crippen LogP contribution in [-0.4, -0.2) is 47.4 Å². The largest absolute Gasteiger partial charge is 0.481 e. The molecule has 0 radical (unpaired) electrons. The van der Waals surface area contributed by atoms with Gasteiger partial charge in [-0.05, 0) is 48.9 Å². The van der Waals surface area contributed by atoms with Crippen molar-refractivity contribution >= 4 is 23.7 Å². The number of aliphatic carboxylic acids is 1. The number of hydrogen-bond acceptors (Lipinski definition) is 5. The van der Waals surface area contributed by atoms with E-state index < -0.39 is 35.8 Å². The number of benzene rings is 2. The molecule has 7 N–H and O–H groups in total. The Balaban J connectivity index is 2.12. The molecule has 0 saturated heterocycles. The number of nitrogens with two attached hydrogens (primary N) is 2. The van der Waals surface area contributed by atoms with E-state index in [4.69, 9.17) is 16.6 Å². The molecular formula is C26H34N4O5. The minimum atomic E-state index is -0.993. The molecule has 0 fully saturated rings. The lowest BCUT2D eigenvalue weighted by Crippen LogP contribution is -2.53. The van der Waals surface area contributed by atoms with Crippen LogP contribution in [0.25, 0.3) is 11.1 Å². The third-order valence-corrected chi connectivity index (χ3v) is 5.55. The molecule has 0 saturated carbocycles. The molecule has 9 heteroatoms. The van der Waals surface area contributed by atoms with Crippen molar-refractivity contribution in [3.05, 3.63) is 60.2 Å². The van der Waals surface area contributed by atoms with Gasteiger partial charge in [0.2, 0.25) is 17.7 Å². The van der Waals surface area contributed by atoms with Gasteiger partial charge in [0.1, 0.15) is 12.1 Å². The average Bonchev–Trinajstić information content (AvgIpc) is 2.83. The fourth-order valence-electron chi connectivity index (χ4n) is 3.63. The topological polar surface area (TPSA) is 165 Å². The monoisotopic (exact) mass is 482 g/mol. The first-order valence-corrected chi connectivity index (χ1v) is 11.8. The Bertz CT molecular complexity index is 979. The molecule has 2 rings (SSSR count). The highest BCUT2D eigenvalue weighted by molar-refractivity contribution is 5.91. The van der Waals surface area contributed by atoms with Gasteiger partial charge in [-0.1, -0.05) is 54.6 Å². The van der Waals surface area contributed by atoms with E-state index in [0.717, 1.165) is 16.7 Å². The van der Waals surface area contributed by atoms with Crippen LogP contribution in [-0.2, 0) is 25.6 Å². The summed E-state index contributed by atoms with van der Waals surface area (Å²) in [5.74, 6) is -2.62. The summed E-state index contributed by atoms with van der Waals surface area (Å²) in [6.07, 6.45) is 1.84. The third-order valence-electron chi connectivity index (χ3n) is 5.55. The normalized spacial score (nSPS) is 12.4. The first kappa shape index (κ1) is 27.5. The van der Waals surface area contributed by atoms with Crippen molar-refractivity contribution in [3.63, 3.8) is 0 Å². The Labute approximate surface area is 205 Å². The van der Waals surface area contributed by atoms with Crippen molar-refractivity contribution < 1.29 is 24.3 Å². The van der Waals surface area contributed by atoms with E-state index in [1.807, 2.05) is 54.6 Å². The highest BCUT2D eigenvalue weighted by Crippen LogP contribution is 2.20. The van der Waals surface area contributed by atoms with E-state index in [1.54, 1.807) is 0 Å². The summed E-state index contributed by atoms with van der Waals surface area (Å²) < 4.78 is 0. The zero-order valence-corrected chi connectivity index (χ0v) is 19.7. The molecule has 0 aromatic heterocycles. The molecule has 0 aliphatic carbocycles. The summed E-state index contributed by atoms with van der Waals surface area (Å²) in [5.41, 5.74) is 13.8. The number of rotatable bonds is 15. The molecular weight excluding hydrogens is 448 g/mol. The number of amides is 3. The zero-order chi connectivity index (χ0) is 25.6. The van der Waals surface area contributed by atoms with Crippen LogP contribution in [0.2, 0.25) is 0 Å².